The monoisotopic (exact) mass is 763 g/mol. The third-order valence-corrected chi connectivity index (χ3v) is 13.5. The first kappa shape index (κ1) is 36.8. The summed E-state index contributed by atoms with van der Waals surface area (Å²) in [5.74, 6) is -0.270. The lowest BCUT2D eigenvalue weighted by Crippen LogP contribution is -2.54. The Morgan fingerprint density at radius 1 is 0.750 bits per heavy atom. The number of hydrogen-bond donors (Lipinski definition) is 2. The van der Waals surface area contributed by atoms with Gasteiger partial charge in [0.1, 0.15) is 17.6 Å². The molecule has 4 saturated heterocycles. The average molecular weight is 764 g/mol. The highest BCUT2D eigenvalue weighted by atomic mass is 19.1. The summed E-state index contributed by atoms with van der Waals surface area (Å²) in [6.07, 6.45) is 6.25. The molecule has 11 nitrogen and oxygen atoms in total. The SMILES string of the molecule is O=C1CCC(N2C(=O)c3ccc(N4CCN(CC5CCN(c6ccc([C@H]7c8ccc(O)cc8CC[C@H]7C7CCOCC7)cc6F)CC5)CC4)cc3C2=O)C(=O)N1. The number of fused-ring (bicyclic) bond motifs is 2. The second-order valence-electron chi connectivity index (χ2n) is 16.6. The molecule has 6 aliphatic rings. The Bertz CT molecular complexity index is 2040. The summed E-state index contributed by atoms with van der Waals surface area (Å²) < 4.78 is 21.8. The van der Waals surface area contributed by atoms with Gasteiger partial charge in [-0.2, -0.15) is 0 Å². The van der Waals surface area contributed by atoms with Crippen molar-refractivity contribution in [3.05, 3.63) is 88.2 Å². The van der Waals surface area contributed by atoms with Crippen LogP contribution in [0.25, 0.3) is 0 Å². The van der Waals surface area contributed by atoms with Crippen molar-refractivity contribution < 1.29 is 33.4 Å². The number of piperazine rings is 1. The molecule has 4 fully saturated rings. The van der Waals surface area contributed by atoms with Crippen molar-refractivity contribution in [2.75, 3.05) is 68.8 Å². The number of nitrogens with zero attached hydrogens (tertiary/aromatic N) is 4. The van der Waals surface area contributed by atoms with E-state index in [1.165, 1.54) is 11.1 Å². The van der Waals surface area contributed by atoms with Gasteiger partial charge in [0, 0.05) is 77.1 Å². The molecule has 1 aliphatic carbocycles. The van der Waals surface area contributed by atoms with E-state index in [1.807, 2.05) is 18.2 Å². The number of ether oxygens (including phenoxy) is 1. The van der Waals surface area contributed by atoms with Crippen LogP contribution in [0.15, 0.2) is 54.6 Å². The second kappa shape index (κ2) is 15.3. The molecule has 5 heterocycles. The van der Waals surface area contributed by atoms with Crippen molar-refractivity contribution in [2.24, 2.45) is 17.8 Å². The third kappa shape index (κ3) is 6.95. The van der Waals surface area contributed by atoms with Crippen molar-refractivity contribution in [1.82, 2.24) is 15.1 Å². The van der Waals surface area contributed by atoms with Crippen molar-refractivity contribution in [3.63, 3.8) is 0 Å². The number of phenols is 1. The summed E-state index contributed by atoms with van der Waals surface area (Å²) in [4.78, 5) is 58.5. The number of aryl methyl sites for hydroxylation is 1. The smallest absolute Gasteiger partial charge is 0.262 e. The summed E-state index contributed by atoms with van der Waals surface area (Å²) in [5, 5.41) is 12.5. The molecule has 0 saturated carbocycles. The highest BCUT2D eigenvalue weighted by molar-refractivity contribution is 6.23. The normalized spacial score (nSPS) is 25.4. The molecule has 3 aromatic carbocycles. The summed E-state index contributed by atoms with van der Waals surface area (Å²) in [6, 6.07) is 16.0. The topological polar surface area (TPSA) is 123 Å². The Morgan fingerprint density at radius 2 is 1.52 bits per heavy atom. The zero-order valence-corrected chi connectivity index (χ0v) is 31.8. The molecule has 4 amide bonds. The van der Waals surface area contributed by atoms with Gasteiger partial charge in [0.15, 0.2) is 0 Å². The number of nitrogens with one attached hydrogen (secondary N) is 1. The maximum atomic E-state index is 16.1. The van der Waals surface area contributed by atoms with E-state index in [0.717, 1.165) is 114 Å². The molecule has 0 bridgehead atoms. The van der Waals surface area contributed by atoms with Crippen LogP contribution in [0.5, 0.6) is 5.75 Å². The van der Waals surface area contributed by atoms with Gasteiger partial charge in [0.25, 0.3) is 11.8 Å². The Morgan fingerprint density at radius 3 is 2.27 bits per heavy atom. The lowest BCUT2D eigenvalue weighted by Gasteiger charge is -2.41. The molecule has 3 atom stereocenters. The van der Waals surface area contributed by atoms with Crippen molar-refractivity contribution in [2.45, 2.75) is 63.3 Å². The molecule has 3 aromatic rings. The highest BCUT2D eigenvalue weighted by Gasteiger charge is 2.45. The number of hydrogen-bond acceptors (Lipinski definition) is 9. The first-order valence-corrected chi connectivity index (χ1v) is 20.5. The van der Waals surface area contributed by atoms with E-state index in [9.17, 15) is 24.3 Å². The number of anilines is 2. The zero-order chi connectivity index (χ0) is 38.5. The van der Waals surface area contributed by atoms with Crippen LogP contribution in [0.2, 0.25) is 0 Å². The number of imide groups is 2. The number of piperidine rings is 2. The number of amides is 4. The fourth-order valence-electron chi connectivity index (χ4n) is 10.4. The predicted octanol–water partition coefficient (Wildman–Crippen LogP) is 5.09. The van der Waals surface area contributed by atoms with E-state index in [2.05, 4.69) is 32.1 Å². The molecular formula is C44H50FN5O6. The third-order valence-electron chi connectivity index (χ3n) is 13.5. The largest absolute Gasteiger partial charge is 0.508 e. The summed E-state index contributed by atoms with van der Waals surface area (Å²) >= 11 is 0. The lowest BCUT2D eigenvalue weighted by molar-refractivity contribution is -0.136. The van der Waals surface area contributed by atoms with E-state index >= 15 is 4.39 Å². The second-order valence-corrected chi connectivity index (χ2v) is 16.6. The highest BCUT2D eigenvalue weighted by Crippen LogP contribution is 2.48. The van der Waals surface area contributed by atoms with Crippen LogP contribution in [0.4, 0.5) is 15.8 Å². The number of carbonyl (C=O) groups excluding carboxylic acids is 4. The van der Waals surface area contributed by atoms with Crippen molar-refractivity contribution >= 4 is 35.0 Å². The Labute approximate surface area is 326 Å². The number of phenolic OH excluding ortho intramolecular Hbond substituents is 1. The van der Waals surface area contributed by atoms with Crippen molar-refractivity contribution in [1.29, 1.82) is 0 Å². The van der Waals surface area contributed by atoms with Gasteiger partial charge in [-0.25, -0.2) is 4.39 Å². The number of rotatable bonds is 7. The fourth-order valence-corrected chi connectivity index (χ4v) is 10.4. The molecule has 0 spiro atoms. The maximum absolute atomic E-state index is 16.1. The van der Waals surface area contributed by atoms with Crippen LogP contribution >= 0.6 is 0 Å². The molecule has 9 rings (SSSR count). The fraction of sp³-hybridized carbons (Fsp3) is 0.500. The zero-order valence-electron chi connectivity index (χ0n) is 31.8. The molecule has 0 radical (unpaired) electrons. The van der Waals surface area contributed by atoms with Crippen molar-refractivity contribution in [3.8, 4) is 5.75 Å². The minimum atomic E-state index is -0.976. The Balaban J connectivity index is 0.795. The summed E-state index contributed by atoms with van der Waals surface area (Å²) in [6.45, 7) is 7.52. The molecule has 5 aliphatic heterocycles. The molecule has 2 N–H and O–H groups in total. The van der Waals surface area contributed by atoms with E-state index < -0.39 is 29.7 Å². The minimum absolute atomic E-state index is 0.0907. The van der Waals surface area contributed by atoms with Gasteiger partial charge >= 0.3 is 0 Å². The maximum Gasteiger partial charge on any atom is 0.262 e. The number of benzene rings is 3. The first-order valence-electron chi connectivity index (χ1n) is 20.5. The van der Waals surface area contributed by atoms with Gasteiger partial charge in [-0.15, -0.1) is 0 Å². The molecular weight excluding hydrogens is 714 g/mol. The van der Waals surface area contributed by atoms with Gasteiger partial charge in [-0.3, -0.25) is 34.3 Å². The van der Waals surface area contributed by atoms with Gasteiger partial charge < -0.3 is 19.6 Å². The average Bonchev–Trinajstić information content (AvgIpc) is 3.46. The van der Waals surface area contributed by atoms with Crippen LogP contribution in [-0.4, -0.2) is 104 Å². The van der Waals surface area contributed by atoms with Gasteiger partial charge in [-0.1, -0.05) is 12.1 Å². The molecule has 294 valence electrons. The lowest BCUT2D eigenvalue weighted by atomic mass is 9.65. The Hall–Kier alpha value is -4.81. The van der Waals surface area contributed by atoms with Crippen LogP contribution < -0.4 is 15.1 Å². The minimum Gasteiger partial charge on any atom is -0.508 e. The number of aromatic hydroxyl groups is 1. The predicted molar refractivity (Wildman–Crippen MR) is 208 cm³/mol. The molecule has 56 heavy (non-hydrogen) atoms. The molecule has 12 heteroatoms. The summed E-state index contributed by atoms with van der Waals surface area (Å²) in [5.41, 5.74) is 5.57. The van der Waals surface area contributed by atoms with Gasteiger partial charge in [-0.05, 0) is 122 Å². The van der Waals surface area contributed by atoms with Crippen LogP contribution in [-0.2, 0) is 20.7 Å². The number of carbonyl (C=O) groups is 4. The molecule has 0 aromatic heterocycles. The standard InChI is InChI=1S/C44H50FN5O6/c45-37-24-30(41-33(28-13-21-56-22-14-28)5-1-29-23-32(51)4-7-34(29)41)2-8-38(37)49-15-11-27(12-16-49)26-47-17-19-48(20-18-47)31-3-6-35-36(25-31)44(55)50(43(35)54)39-9-10-40(52)46-42(39)53/h2-4,6-8,23-25,27-28,33,39,41,51H,1,5,9-22,26H2,(H,46,52,53)/t33-,39?,41+/m0/s1. The van der Waals surface area contributed by atoms with Crippen LogP contribution in [0.3, 0.4) is 0 Å². The Kier molecular flexibility index (Phi) is 10.0. The quantitative estimate of drug-likeness (QED) is 0.317. The van der Waals surface area contributed by atoms with E-state index in [0.29, 0.717) is 34.6 Å². The summed E-state index contributed by atoms with van der Waals surface area (Å²) in [7, 11) is 0. The van der Waals surface area contributed by atoms with Gasteiger partial charge in [0.05, 0.1) is 16.8 Å². The first-order chi connectivity index (χ1) is 27.2. The molecule has 1 unspecified atom stereocenters. The van der Waals surface area contributed by atoms with Gasteiger partial charge in [0.2, 0.25) is 11.8 Å². The van der Waals surface area contributed by atoms with Crippen LogP contribution in [0, 0.1) is 23.6 Å². The number of halogens is 1. The van der Waals surface area contributed by atoms with E-state index in [-0.39, 0.29) is 30.3 Å². The van der Waals surface area contributed by atoms with Crippen LogP contribution in [0.1, 0.15) is 88.3 Å². The van der Waals surface area contributed by atoms with E-state index in [1.54, 1.807) is 24.3 Å². The van der Waals surface area contributed by atoms with E-state index in [4.69, 9.17) is 4.74 Å².